The molecule has 0 aliphatic heterocycles. The van der Waals surface area contributed by atoms with E-state index in [1.165, 1.54) is 0 Å². The van der Waals surface area contributed by atoms with Crippen LogP contribution in [0.25, 0.3) is 0 Å². The second-order valence-electron chi connectivity index (χ2n) is 3.00. The summed E-state index contributed by atoms with van der Waals surface area (Å²) in [5, 5.41) is -1.01. The van der Waals surface area contributed by atoms with Crippen molar-refractivity contribution in [3.8, 4) is 0 Å². The zero-order valence-corrected chi connectivity index (χ0v) is 10.2. The molecule has 0 spiro atoms. The summed E-state index contributed by atoms with van der Waals surface area (Å²) in [6.45, 7) is 2.96. The zero-order chi connectivity index (χ0) is 13.6. The molecule has 0 aliphatic rings. The highest BCUT2D eigenvalue weighted by atomic mass is 35.5. The molecule has 0 rings (SSSR count). The van der Waals surface area contributed by atoms with Crippen LogP contribution in [0.4, 0.5) is 0 Å². The first-order valence-corrected chi connectivity index (χ1v) is 4.82. The van der Waals surface area contributed by atoms with Crippen LogP contribution in [-0.2, 0) is 33.4 Å². The molecule has 7 nitrogen and oxygen atoms in total. The van der Waals surface area contributed by atoms with Crippen LogP contribution in [0, 0.1) is 0 Å². The van der Waals surface area contributed by atoms with Crippen molar-refractivity contribution in [1.82, 2.24) is 0 Å². The lowest BCUT2D eigenvalue weighted by Gasteiger charge is -2.28. The molecular formula is C9H11ClO7. The molecule has 0 bridgehead atoms. The molecule has 0 amide bonds. The van der Waals surface area contributed by atoms with Crippen molar-refractivity contribution in [3.05, 3.63) is 0 Å². The van der Waals surface area contributed by atoms with Gasteiger partial charge in [0.05, 0.1) is 0 Å². The highest BCUT2D eigenvalue weighted by molar-refractivity contribution is 6.63. The van der Waals surface area contributed by atoms with E-state index in [4.69, 9.17) is 11.6 Å². The molecule has 0 heterocycles. The molecule has 0 atom stereocenters. The van der Waals surface area contributed by atoms with Gasteiger partial charge in [0.15, 0.2) is 0 Å². The Hall–Kier alpha value is -1.63. The third-order valence-electron chi connectivity index (χ3n) is 1.25. The quantitative estimate of drug-likeness (QED) is 0.406. The molecule has 8 heteroatoms. The number of halogens is 1. The molecule has 0 N–H and O–H groups in total. The fourth-order valence-electron chi connectivity index (χ4n) is 0.998. The smallest absolute Gasteiger partial charge is 0.388 e. The number of esters is 3. The molecule has 0 aromatic carbocycles. The van der Waals surface area contributed by atoms with E-state index in [1.807, 2.05) is 0 Å². The lowest BCUT2D eigenvalue weighted by atomic mass is 10.4. The highest BCUT2D eigenvalue weighted by Gasteiger charge is 2.43. The summed E-state index contributed by atoms with van der Waals surface area (Å²) in [5.74, 6) is -5.18. The van der Waals surface area contributed by atoms with Gasteiger partial charge in [-0.2, -0.15) is 0 Å². The zero-order valence-electron chi connectivity index (χ0n) is 9.44. The van der Waals surface area contributed by atoms with E-state index in [-0.39, 0.29) is 0 Å². The van der Waals surface area contributed by atoms with Crippen LogP contribution in [-0.4, -0.2) is 29.1 Å². The average Bonchev–Trinajstić information content (AvgIpc) is 1.95. The van der Waals surface area contributed by atoms with Crippen LogP contribution in [0.3, 0.4) is 0 Å². The Morgan fingerprint density at radius 2 is 1.18 bits per heavy atom. The Morgan fingerprint density at radius 3 is 1.35 bits per heavy atom. The summed E-state index contributed by atoms with van der Waals surface area (Å²) in [6, 6.07) is 0. The number of ether oxygens (including phenoxy) is 3. The van der Waals surface area contributed by atoms with E-state index in [1.54, 1.807) is 0 Å². The number of carbonyl (C=O) groups is 4. The first kappa shape index (κ1) is 15.4. The Morgan fingerprint density at radius 1 is 0.882 bits per heavy atom. The highest BCUT2D eigenvalue weighted by Crippen LogP contribution is 2.22. The molecular weight excluding hydrogens is 256 g/mol. The molecule has 0 unspecified atom stereocenters. The third-order valence-corrected chi connectivity index (χ3v) is 1.39. The van der Waals surface area contributed by atoms with E-state index in [0.717, 1.165) is 20.8 Å². The van der Waals surface area contributed by atoms with Gasteiger partial charge in [-0.05, 0) is 11.6 Å². The summed E-state index contributed by atoms with van der Waals surface area (Å²) in [4.78, 5) is 43.3. The third kappa shape index (κ3) is 6.52. The van der Waals surface area contributed by atoms with Crippen molar-refractivity contribution < 1.29 is 33.4 Å². The largest absolute Gasteiger partial charge is 0.432 e. The molecule has 0 aliphatic carbocycles. The second kappa shape index (κ2) is 6.19. The molecule has 0 saturated carbocycles. The Bertz CT molecular complexity index is 280. The second-order valence-corrected chi connectivity index (χ2v) is 3.42. The first-order chi connectivity index (χ1) is 7.67. The van der Waals surface area contributed by atoms with Gasteiger partial charge >= 0.3 is 23.9 Å². The van der Waals surface area contributed by atoms with E-state index in [2.05, 4.69) is 14.2 Å². The van der Waals surface area contributed by atoms with Crippen molar-refractivity contribution in [1.29, 1.82) is 0 Å². The standard InChI is InChI=1S/C9H11ClO7/c1-5(11)15-9(4-8(10)14,16-6(2)12)17-7(3)13/h4H2,1-3H3. The first-order valence-electron chi connectivity index (χ1n) is 4.44. The summed E-state index contributed by atoms with van der Waals surface area (Å²) >= 11 is 5.10. The van der Waals surface area contributed by atoms with Crippen LogP contribution < -0.4 is 0 Å². The summed E-state index contributed by atoms with van der Waals surface area (Å²) in [5.41, 5.74) is 0. The van der Waals surface area contributed by atoms with Gasteiger partial charge in [0.25, 0.3) is 0 Å². The Kier molecular flexibility index (Phi) is 5.60. The van der Waals surface area contributed by atoms with Crippen LogP contribution >= 0.6 is 11.6 Å². The van der Waals surface area contributed by atoms with Gasteiger partial charge in [-0.25, -0.2) is 0 Å². The molecule has 0 radical (unpaired) electrons. The maximum atomic E-state index is 10.8. The minimum atomic E-state index is -2.44. The van der Waals surface area contributed by atoms with Gasteiger partial charge in [-0.15, -0.1) is 0 Å². The fraction of sp³-hybridized carbons (Fsp3) is 0.556. The normalized spacial score (nSPS) is 10.4. The van der Waals surface area contributed by atoms with Crippen molar-refractivity contribution in [3.63, 3.8) is 0 Å². The molecule has 0 fully saturated rings. The van der Waals surface area contributed by atoms with E-state index in [9.17, 15) is 19.2 Å². The summed E-state index contributed by atoms with van der Waals surface area (Å²) < 4.78 is 13.6. The number of hydrogen-bond donors (Lipinski definition) is 0. The van der Waals surface area contributed by atoms with E-state index in [0.29, 0.717) is 0 Å². The van der Waals surface area contributed by atoms with Gasteiger partial charge < -0.3 is 14.2 Å². The minimum absolute atomic E-state index is 0.798. The lowest BCUT2D eigenvalue weighted by molar-refractivity contribution is -0.325. The number of hydrogen-bond acceptors (Lipinski definition) is 7. The Labute approximate surface area is 102 Å². The maximum absolute atomic E-state index is 10.8. The van der Waals surface area contributed by atoms with Crippen molar-refractivity contribution in [2.45, 2.75) is 33.2 Å². The van der Waals surface area contributed by atoms with Crippen molar-refractivity contribution in [2.24, 2.45) is 0 Å². The fourth-order valence-corrected chi connectivity index (χ4v) is 1.16. The monoisotopic (exact) mass is 266 g/mol. The summed E-state index contributed by atoms with van der Waals surface area (Å²) in [6.07, 6.45) is -0.798. The molecule has 0 aromatic heterocycles. The average molecular weight is 267 g/mol. The maximum Gasteiger partial charge on any atom is 0.432 e. The van der Waals surface area contributed by atoms with Gasteiger partial charge in [0.2, 0.25) is 5.24 Å². The van der Waals surface area contributed by atoms with Gasteiger partial charge in [0, 0.05) is 20.8 Å². The number of rotatable bonds is 5. The summed E-state index contributed by atoms with van der Waals surface area (Å²) in [7, 11) is 0. The minimum Gasteiger partial charge on any atom is -0.388 e. The number of carbonyl (C=O) groups excluding carboxylic acids is 4. The van der Waals surface area contributed by atoms with Crippen LogP contribution in [0.2, 0.25) is 0 Å². The van der Waals surface area contributed by atoms with Gasteiger partial charge in [0.1, 0.15) is 6.42 Å². The lowest BCUT2D eigenvalue weighted by Crippen LogP contribution is -2.44. The van der Waals surface area contributed by atoms with Crippen molar-refractivity contribution in [2.75, 3.05) is 0 Å². The van der Waals surface area contributed by atoms with E-state index >= 15 is 0 Å². The molecule has 0 aromatic rings. The molecule has 96 valence electrons. The van der Waals surface area contributed by atoms with Crippen molar-refractivity contribution >= 4 is 34.8 Å². The SMILES string of the molecule is CC(=O)OC(CC(=O)Cl)(OC(C)=O)OC(C)=O. The van der Waals surface area contributed by atoms with Crippen LogP contribution in [0.1, 0.15) is 27.2 Å². The predicted molar refractivity (Wildman–Crippen MR) is 53.5 cm³/mol. The molecule has 17 heavy (non-hydrogen) atoms. The predicted octanol–water partition coefficient (Wildman–Crippen LogP) is 0.485. The van der Waals surface area contributed by atoms with Gasteiger partial charge in [-0.3, -0.25) is 19.2 Å². The van der Waals surface area contributed by atoms with Crippen LogP contribution in [0.15, 0.2) is 0 Å². The van der Waals surface area contributed by atoms with Crippen LogP contribution in [0.5, 0.6) is 0 Å². The van der Waals surface area contributed by atoms with E-state index < -0.39 is 35.5 Å². The topological polar surface area (TPSA) is 96.0 Å². The Balaban J connectivity index is 5.16. The van der Waals surface area contributed by atoms with Gasteiger partial charge in [-0.1, -0.05) is 0 Å². The molecule has 0 saturated heterocycles.